The molecule has 0 saturated heterocycles. The molecule has 0 radical (unpaired) electrons. The number of thioether (sulfide) groups is 1. The molecule has 1 aliphatic heterocycles. The van der Waals surface area contributed by atoms with E-state index in [4.69, 9.17) is 5.73 Å². The SMILES string of the molecule is Nc1cc(C(=O)N2CCSc3ccccc32)c(Br)cc1F. The molecule has 1 aliphatic rings. The van der Waals surface area contributed by atoms with Gasteiger partial charge in [0.25, 0.3) is 5.91 Å². The summed E-state index contributed by atoms with van der Waals surface area (Å²) in [4.78, 5) is 15.5. The topological polar surface area (TPSA) is 46.3 Å². The van der Waals surface area contributed by atoms with Crippen molar-refractivity contribution < 1.29 is 9.18 Å². The van der Waals surface area contributed by atoms with Gasteiger partial charge in [0.1, 0.15) is 5.82 Å². The summed E-state index contributed by atoms with van der Waals surface area (Å²) in [6, 6.07) is 10.4. The van der Waals surface area contributed by atoms with Gasteiger partial charge in [0, 0.05) is 21.7 Å². The third kappa shape index (κ3) is 2.65. The van der Waals surface area contributed by atoms with Crippen LogP contribution in [0.15, 0.2) is 45.8 Å². The van der Waals surface area contributed by atoms with Crippen LogP contribution in [0.2, 0.25) is 0 Å². The summed E-state index contributed by atoms with van der Waals surface area (Å²) in [5, 5.41) is 0. The fraction of sp³-hybridized carbons (Fsp3) is 0.133. The maximum Gasteiger partial charge on any atom is 0.259 e. The highest BCUT2D eigenvalue weighted by atomic mass is 79.9. The number of nitrogen functional groups attached to an aromatic ring is 1. The first-order valence-electron chi connectivity index (χ1n) is 6.36. The fourth-order valence-electron chi connectivity index (χ4n) is 2.26. The lowest BCUT2D eigenvalue weighted by Gasteiger charge is -2.29. The number of rotatable bonds is 1. The van der Waals surface area contributed by atoms with Crippen LogP contribution in [0.1, 0.15) is 10.4 Å². The van der Waals surface area contributed by atoms with E-state index in [1.807, 2.05) is 24.3 Å². The zero-order valence-corrected chi connectivity index (χ0v) is 13.4. The Morgan fingerprint density at radius 1 is 1.33 bits per heavy atom. The number of nitrogens with two attached hydrogens (primary N) is 1. The highest BCUT2D eigenvalue weighted by Gasteiger charge is 2.25. The Bertz CT molecular complexity index is 723. The fourth-order valence-corrected chi connectivity index (χ4v) is 3.74. The molecule has 1 amide bonds. The van der Waals surface area contributed by atoms with Crippen molar-refractivity contribution in [1.82, 2.24) is 0 Å². The predicted octanol–water partition coefficient (Wildman–Crippen LogP) is 3.92. The van der Waals surface area contributed by atoms with E-state index in [2.05, 4.69) is 15.9 Å². The highest BCUT2D eigenvalue weighted by Crippen LogP contribution is 2.36. The van der Waals surface area contributed by atoms with Crippen LogP contribution in [0.4, 0.5) is 15.8 Å². The molecular weight excluding hydrogens is 355 g/mol. The average molecular weight is 367 g/mol. The van der Waals surface area contributed by atoms with E-state index in [9.17, 15) is 9.18 Å². The van der Waals surface area contributed by atoms with E-state index in [0.29, 0.717) is 16.6 Å². The Labute approximate surface area is 134 Å². The van der Waals surface area contributed by atoms with Gasteiger partial charge in [-0.05, 0) is 40.2 Å². The lowest BCUT2D eigenvalue weighted by atomic mass is 10.1. The summed E-state index contributed by atoms with van der Waals surface area (Å²) in [5.74, 6) is 0.117. The molecule has 3 rings (SSSR count). The minimum Gasteiger partial charge on any atom is -0.396 e. The zero-order valence-electron chi connectivity index (χ0n) is 11.0. The van der Waals surface area contributed by atoms with Gasteiger partial charge in [-0.2, -0.15) is 0 Å². The van der Waals surface area contributed by atoms with Crippen molar-refractivity contribution in [2.24, 2.45) is 0 Å². The van der Waals surface area contributed by atoms with Crippen LogP contribution in [0.25, 0.3) is 0 Å². The summed E-state index contributed by atoms with van der Waals surface area (Å²) >= 11 is 4.96. The molecule has 0 aromatic heterocycles. The monoisotopic (exact) mass is 366 g/mol. The van der Waals surface area contributed by atoms with Crippen LogP contribution >= 0.6 is 27.7 Å². The van der Waals surface area contributed by atoms with Crippen molar-refractivity contribution in [1.29, 1.82) is 0 Å². The first-order valence-corrected chi connectivity index (χ1v) is 8.14. The molecule has 21 heavy (non-hydrogen) atoms. The quantitative estimate of drug-likeness (QED) is 0.777. The molecule has 1 heterocycles. The van der Waals surface area contributed by atoms with Crippen molar-refractivity contribution in [3.8, 4) is 0 Å². The zero-order chi connectivity index (χ0) is 15.0. The number of amides is 1. The van der Waals surface area contributed by atoms with Gasteiger partial charge in [-0.15, -0.1) is 11.8 Å². The normalized spacial score (nSPS) is 13.9. The second-order valence-electron chi connectivity index (χ2n) is 4.63. The Morgan fingerprint density at radius 3 is 2.90 bits per heavy atom. The number of hydrogen-bond acceptors (Lipinski definition) is 3. The number of halogens is 2. The van der Waals surface area contributed by atoms with Gasteiger partial charge in [0.2, 0.25) is 0 Å². The third-order valence-electron chi connectivity index (χ3n) is 3.29. The molecule has 0 aliphatic carbocycles. The molecule has 3 nitrogen and oxygen atoms in total. The Balaban J connectivity index is 2.03. The number of para-hydroxylation sites is 1. The van der Waals surface area contributed by atoms with E-state index in [-0.39, 0.29) is 11.6 Å². The summed E-state index contributed by atoms with van der Waals surface area (Å²) in [5.41, 5.74) is 6.81. The minimum absolute atomic E-state index is 0.0266. The van der Waals surface area contributed by atoms with Crippen molar-refractivity contribution in [2.45, 2.75) is 4.90 Å². The summed E-state index contributed by atoms with van der Waals surface area (Å²) in [6.07, 6.45) is 0. The molecule has 0 atom stereocenters. The predicted molar refractivity (Wildman–Crippen MR) is 87.4 cm³/mol. The number of carbonyl (C=O) groups excluding carboxylic acids is 1. The molecule has 0 saturated carbocycles. The van der Waals surface area contributed by atoms with Crippen LogP contribution in [0.5, 0.6) is 0 Å². The molecule has 0 unspecified atom stereocenters. The molecular formula is C15H12BrFN2OS. The van der Waals surface area contributed by atoms with Gasteiger partial charge < -0.3 is 10.6 Å². The Kier molecular flexibility index (Phi) is 3.91. The van der Waals surface area contributed by atoms with Gasteiger partial charge >= 0.3 is 0 Å². The van der Waals surface area contributed by atoms with Crippen LogP contribution in [0.3, 0.4) is 0 Å². The molecule has 0 spiro atoms. The number of carbonyl (C=O) groups is 1. The van der Waals surface area contributed by atoms with Gasteiger partial charge in [-0.25, -0.2) is 4.39 Å². The number of fused-ring (bicyclic) bond motifs is 1. The van der Waals surface area contributed by atoms with Crippen molar-refractivity contribution in [3.05, 3.63) is 52.3 Å². The smallest absolute Gasteiger partial charge is 0.259 e. The Hall–Kier alpha value is -1.53. The van der Waals surface area contributed by atoms with E-state index < -0.39 is 5.82 Å². The molecule has 108 valence electrons. The second-order valence-corrected chi connectivity index (χ2v) is 6.62. The van der Waals surface area contributed by atoms with Crippen molar-refractivity contribution >= 4 is 45.0 Å². The van der Waals surface area contributed by atoms with Gasteiger partial charge in [-0.3, -0.25) is 4.79 Å². The lowest BCUT2D eigenvalue weighted by Crippen LogP contribution is -2.35. The van der Waals surface area contributed by atoms with Gasteiger partial charge in [-0.1, -0.05) is 12.1 Å². The van der Waals surface area contributed by atoms with E-state index in [1.165, 1.54) is 12.1 Å². The number of nitrogens with zero attached hydrogens (tertiary/aromatic N) is 1. The lowest BCUT2D eigenvalue weighted by molar-refractivity contribution is 0.0987. The standard InChI is InChI=1S/C15H12BrFN2OS/c16-10-8-11(17)12(18)7-9(10)15(20)19-5-6-21-14-4-2-1-3-13(14)19/h1-4,7-8H,5-6,18H2. The minimum atomic E-state index is -0.534. The van der Waals surface area contributed by atoms with Gasteiger partial charge in [0.15, 0.2) is 0 Å². The maximum atomic E-state index is 13.4. The third-order valence-corrected chi connectivity index (χ3v) is 4.99. The second kappa shape index (κ2) is 5.69. The Morgan fingerprint density at radius 2 is 2.10 bits per heavy atom. The molecule has 6 heteroatoms. The maximum absolute atomic E-state index is 13.4. The molecule has 2 aromatic carbocycles. The summed E-state index contributed by atoms with van der Waals surface area (Å²) < 4.78 is 13.8. The van der Waals surface area contributed by atoms with E-state index >= 15 is 0 Å². The number of benzene rings is 2. The van der Waals surface area contributed by atoms with Crippen LogP contribution in [-0.2, 0) is 0 Å². The summed E-state index contributed by atoms with van der Waals surface area (Å²) in [6.45, 7) is 0.615. The van der Waals surface area contributed by atoms with Gasteiger partial charge in [0.05, 0.1) is 16.9 Å². The average Bonchev–Trinajstić information content (AvgIpc) is 2.49. The molecule has 0 bridgehead atoms. The van der Waals surface area contributed by atoms with E-state index in [1.54, 1.807) is 16.7 Å². The van der Waals surface area contributed by atoms with Crippen molar-refractivity contribution in [3.63, 3.8) is 0 Å². The van der Waals surface area contributed by atoms with Crippen LogP contribution in [0, 0.1) is 5.82 Å². The molecule has 2 aromatic rings. The summed E-state index contributed by atoms with van der Waals surface area (Å²) in [7, 11) is 0. The number of anilines is 2. The molecule has 0 fully saturated rings. The molecule has 2 N–H and O–H groups in total. The number of hydrogen-bond donors (Lipinski definition) is 1. The highest BCUT2D eigenvalue weighted by molar-refractivity contribution is 9.10. The van der Waals surface area contributed by atoms with Crippen LogP contribution in [-0.4, -0.2) is 18.2 Å². The van der Waals surface area contributed by atoms with Crippen LogP contribution < -0.4 is 10.6 Å². The first kappa shape index (κ1) is 14.4. The van der Waals surface area contributed by atoms with E-state index in [0.717, 1.165) is 16.3 Å². The van der Waals surface area contributed by atoms with Crippen molar-refractivity contribution in [2.75, 3.05) is 22.9 Å². The first-order chi connectivity index (χ1) is 10.1. The largest absolute Gasteiger partial charge is 0.396 e.